The van der Waals surface area contributed by atoms with Gasteiger partial charge in [0, 0.05) is 13.1 Å². The van der Waals surface area contributed by atoms with E-state index >= 15 is 0 Å². The summed E-state index contributed by atoms with van der Waals surface area (Å²) in [7, 11) is 0. The first kappa shape index (κ1) is 15.1. The van der Waals surface area contributed by atoms with Crippen molar-refractivity contribution < 1.29 is 9.21 Å². The van der Waals surface area contributed by atoms with Crippen molar-refractivity contribution >= 4 is 18.3 Å². The highest BCUT2D eigenvalue weighted by atomic mass is 35.5. The number of piperidine rings is 1. The fraction of sp³-hybridized carbons (Fsp3) is 0.615. The van der Waals surface area contributed by atoms with Crippen LogP contribution in [0.2, 0.25) is 0 Å². The van der Waals surface area contributed by atoms with E-state index in [-0.39, 0.29) is 18.3 Å². The van der Waals surface area contributed by atoms with Crippen LogP contribution >= 0.6 is 12.4 Å². The maximum Gasteiger partial charge on any atom is 0.257 e. The van der Waals surface area contributed by atoms with Crippen LogP contribution in [0.3, 0.4) is 0 Å². The van der Waals surface area contributed by atoms with E-state index in [1.165, 1.54) is 0 Å². The largest absolute Gasteiger partial charge is 0.466 e. The molecule has 2 rings (SSSR count). The van der Waals surface area contributed by atoms with E-state index in [1.807, 2.05) is 24.8 Å². The van der Waals surface area contributed by atoms with Crippen LogP contribution in [0.4, 0.5) is 0 Å². The molecule has 1 saturated heterocycles. The molecule has 1 aliphatic rings. The lowest BCUT2D eigenvalue weighted by Crippen LogP contribution is -2.42. The third kappa shape index (κ3) is 3.06. The van der Waals surface area contributed by atoms with Crippen molar-refractivity contribution in [3.8, 4) is 0 Å². The normalized spacial score (nSPS) is 19.5. The van der Waals surface area contributed by atoms with Crippen LogP contribution in [0.15, 0.2) is 10.5 Å². The molecule has 0 saturated carbocycles. The SMILES string of the molecule is Cc1cc(C(=O)N2CCCC(CN)C2)c(C)o1.Cl. The molecule has 0 radical (unpaired) electrons. The molecule has 102 valence electrons. The summed E-state index contributed by atoms with van der Waals surface area (Å²) in [5.74, 6) is 2.03. The Labute approximate surface area is 114 Å². The number of carbonyl (C=O) groups is 1. The maximum atomic E-state index is 12.3. The molecule has 0 spiro atoms. The number of halogens is 1. The predicted molar refractivity (Wildman–Crippen MR) is 73.1 cm³/mol. The fourth-order valence-corrected chi connectivity index (χ4v) is 2.46. The summed E-state index contributed by atoms with van der Waals surface area (Å²) < 4.78 is 5.41. The van der Waals surface area contributed by atoms with Gasteiger partial charge in [0.15, 0.2) is 0 Å². The first-order valence-electron chi connectivity index (χ1n) is 6.18. The molecule has 18 heavy (non-hydrogen) atoms. The Kier molecular flexibility index (Phi) is 5.23. The zero-order valence-electron chi connectivity index (χ0n) is 10.9. The Morgan fingerprint density at radius 2 is 2.28 bits per heavy atom. The number of aryl methyl sites for hydroxylation is 2. The number of nitrogens with zero attached hydrogens (tertiary/aromatic N) is 1. The van der Waals surface area contributed by atoms with Crippen LogP contribution in [-0.4, -0.2) is 30.4 Å². The Hall–Kier alpha value is -1.000. The quantitative estimate of drug-likeness (QED) is 0.897. The van der Waals surface area contributed by atoms with E-state index in [1.54, 1.807) is 0 Å². The van der Waals surface area contributed by atoms with E-state index in [9.17, 15) is 4.79 Å². The van der Waals surface area contributed by atoms with Crippen LogP contribution in [0.25, 0.3) is 0 Å². The molecule has 0 aliphatic carbocycles. The zero-order valence-corrected chi connectivity index (χ0v) is 11.8. The third-order valence-electron chi connectivity index (χ3n) is 3.41. The van der Waals surface area contributed by atoms with E-state index in [2.05, 4.69) is 0 Å². The van der Waals surface area contributed by atoms with Gasteiger partial charge in [0.1, 0.15) is 11.5 Å². The number of hydrogen-bond acceptors (Lipinski definition) is 3. The van der Waals surface area contributed by atoms with E-state index in [0.29, 0.717) is 23.8 Å². The summed E-state index contributed by atoms with van der Waals surface area (Å²) in [4.78, 5) is 14.2. The van der Waals surface area contributed by atoms with Gasteiger partial charge in [-0.05, 0) is 45.2 Å². The summed E-state index contributed by atoms with van der Waals surface area (Å²) >= 11 is 0. The Balaban J connectivity index is 0.00000162. The molecule has 0 aromatic carbocycles. The van der Waals surface area contributed by atoms with E-state index < -0.39 is 0 Å². The van der Waals surface area contributed by atoms with Gasteiger partial charge in [-0.2, -0.15) is 0 Å². The second kappa shape index (κ2) is 6.25. The van der Waals surface area contributed by atoms with Crippen LogP contribution in [0.5, 0.6) is 0 Å². The number of carbonyl (C=O) groups excluding carboxylic acids is 1. The summed E-state index contributed by atoms with van der Waals surface area (Å²) in [6.07, 6.45) is 2.17. The molecule has 1 amide bonds. The minimum atomic E-state index is 0. The Bertz CT molecular complexity index is 417. The van der Waals surface area contributed by atoms with Gasteiger partial charge in [-0.3, -0.25) is 4.79 Å². The van der Waals surface area contributed by atoms with Gasteiger partial charge in [0.2, 0.25) is 0 Å². The molecular weight excluding hydrogens is 252 g/mol. The lowest BCUT2D eigenvalue weighted by molar-refractivity contribution is 0.0676. The van der Waals surface area contributed by atoms with Crippen molar-refractivity contribution in [1.29, 1.82) is 0 Å². The summed E-state index contributed by atoms with van der Waals surface area (Å²) in [6.45, 7) is 5.97. The first-order valence-corrected chi connectivity index (χ1v) is 6.18. The molecule has 2 heterocycles. The smallest absolute Gasteiger partial charge is 0.257 e. The van der Waals surface area contributed by atoms with Crippen molar-refractivity contribution in [2.45, 2.75) is 26.7 Å². The molecule has 2 N–H and O–H groups in total. The molecule has 5 heteroatoms. The summed E-state index contributed by atoms with van der Waals surface area (Å²) in [5, 5.41) is 0. The molecule has 1 fully saturated rings. The maximum absolute atomic E-state index is 12.3. The van der Waals surface area contributed by atoms with Crippen molar-refractivity contribution in [2.24, 2.45) is 11.7 Å². The lowest BCUT2D eigenvalue weighted by atomic mass is 9.97. The fourth-order valence-electron chi connectivity index (χ4n) is 2.46. The Morgan fingerprint density at radius 3 is 2.83 bits per heavy atom. The number of likely N-dealkylation sites (tertiary alicyclic amines) is 1. The number of rotatable bonds is 2. The number of hydrogen-bond donors (Lipinski definition) is 1. The summed E-state index contributed by atoms with van der Waals surface area (Å²) in [5.41, 5.74) is 6.38. The molecular formula is C13H21ClN2O2. The zero-order chi connectivity index (χ0) is 12.4. The number of furan rings is 1. The van der Waals surface area contributed by atoms with Gasteiger partial charge in [-0.15, -0.1) is 12.4 Å². The second-order valence-corrected chi connectivity index (χ2v) is 4.82. The first-order chi connectivity index (χ1) is 8.11. The molecule has 1 aromatic heterocycles. The predicted octanol–water partition coefficient (Wildman–Crippen LogP) is 2.13. The Morgan fingerprint density at radius 1 is 1.56 bits per heavy atom. The van der Waals surface area contributed by atoms with E-state index in [4.69, 9.17) is 10.2 Å². The van der Waals surface area contributed by atoms with Crippen LogP contribution in [-0.2, 0) is 0 Å². The highest BCUT2D eigenvalue weighted by Gasteiger charge is 2.25. The third-order valence-corrected chi connectivity index (χ3v) is 3.41. The van der Waals surface area contributed by atoms with Gasteiger partial charge >= 0.3 is 0 Å². The van der Waals surface area contributed by atoms with Crippen molar-refractivity contribution in [3.63, 3.8) is 0 Å². The van der Waals surface area contributed by atoms with Gasteiger partial charge in [0.05, 0.1) is 5.56 Å². The van der Waals surface area contributed by atoms with Crippen LogP contribution < -0.4 is 5.73 Å². The monoisotopic (exact) mass is 272 g/mol. The van der Waals surface area contributed by atoms with Crippen LogP contribution in [0, 0.1) is 19.8 Å². The highest BCUT2D eigenvalue weighted by molar-refractivity contribution is 5.95. The second-order valence-electron chi connectivity index (χ2n) is 4.82. The minimum absolute atomic E-state index is 0. The van der Waals surface area contributed by atoms with Crippen LogP contribution in [0.1, 0.15) is 34.7 Å². The molecule has 1 aliphatic heterocycles. The van der Waals surface area contributed by atoms with Gasteiger partial charge in [-0.25, -0.2) is 0 Å². The number of amides is 1. The lowest BCUT2D eigenvalue weighted by Gasteiger charge is -2.32. The summed E-state index contributed by atoms with van der Waals surface area (Å²) in [6, 6.07) is 1.82. The molecule has 4 nitrogen and oxygen atoms in total. The standard InChI is InChI=1S/C13H20N2O2.ClH/c1-9-6-12(10(2)17-9)13(16)15-5-3-4-11(7-14)8-15;/h6,11H,3-5,7-8,14H2,1-2H3;1H. The van der Waals surface area contributed by atoms with Crippen molar-refractivity contribution in [1.82, 2.24) is 4.90 Å². The molecule has 1 aromatic rings. The van der Waals surface area contributed by atoms with Gasteiger partial charge in [-0.1, -0.05) is 0 Å². The van der Waals surface area contributed by atoms with Gasteiger partial charge in [0.25, 0.3) is 5.91 Å². The van der Waals surface area contributed by atoms with Crippen molar-refractivity contribution in [2.75, 3.05) is 19.6 Å². The van der Waals surface area contributed by atoms with Crippen molar-refractivity contribution in [3.05, 3.63) is 23.2 Å². The molecule has 1 unspecified atom stereocenters. The average Bonchev–Trinajstić information content (AvgIpc) is 2.67. The van der Waals surface area contributed by atoms with E-state index in [0.717, 1.165) is 31.7 Å². The molecule has 1 atom stereocenters. The minimum Gasteiger partial charge on any atom is -0.466 e. The van der Waals surface area contributed by atoms with Gasteiger partial charge < -0.3 is 15.1 Å². The molecule has 0 bridgehead atoms. The average molecular weight is 273 g/mol. The highest BCUT2D eigenvalue weighted by Crippen LogP contribution is 2.21. The number of nitrogens with two attached hydrogens (primary N) is 1. The topological polar surface area (TPSA) is 59.5 Å².